The lowest BCUT2D eigenvalue weighted by Crippen LogP contribution is -2.15. The number of aromatic nitrogens is 2. The van der Waals surface area contributed by atoms with Gasteiger partial charge in [-0.25, -0.2) is 18.7 Å². The zero-order valence-corrected chi connectivity index (χ0v) is 17.1. The summed E-state index contributed by atoms with van der Waals surface area (Å²) in [5, 5.41) is 5.56. The number of anilines is 1. The van der Waals surface area contributed by atoms with Gasteiger partial charge < -0.3 is 0 Å². The van der Waals surface area contributed by atoms with Crippen LogP contribution in [-0.2, 0) is 0 Å². The summed E-state index contributed by atoms with van der Waals surface area (Å²) in [5.41, 5.74) is 2.69. The van der Waals surface area contributed by atoms with Crippen LogP contribution in [0, 0.1) is 25.5 Å². The molecule has 0 aliphatic heterocycles. The van der Waals surface area contributed by atoms with Crippen LogP contribution in [0.15, 0.2) is 47.8 Å². The van der Waals surface area contributed by atoms with Crippen LogP contribution in [0.2, 0.25) is 0 Å². The Morgan fingerprint density at radius 2 is 1.76 bits per heavy atom. The smallest absolute Gasteiger partial charge is 0.263 e. The highest BCUT2D eigenvalue weighted by Gasteiger charge is 2.22. The molecule has 0 bridgehead atoms. The van der Waals surface area contributed by atoms with Crippen LogP contribution in [0.25, 0.3) is 21.8 Å². The molecule has 2 heterocycles. The molecule has 2 aromatic carbocycles. The summed E-state index contributed by atoms with van der Waals surface area (Å²) in [6.45, 7) is 3.89. The third kappa shape index (κ3) is 3.94. The van der Waals surface area contributed by atoms with Crippen LogP contribution in [0.4, 0.5) is 13.9 Å². The number of nitrogens with zero attached hydrogens (tertiary/aromatic N) is 2. The number of thiazole rings is 2. The molecule has 0 radical (unpaired) electrons. The second kappa shape index (κ2) is 7.81. The molecule has 4 nitrogen and oxygen atoms in total. The summed E-state index contributed by atoms with van der Waals surface area (Å²) in [6.07, 6.45) is 0. The molecule has 4 rings (SSSR count). The Kier molecular flexibility index (Phi) is 5.21. The van der Waals surface area contributed by atoms with Crippen molar-refractivity contribution < 1.29 is 13.6 Å². The molecule has 0 unspecified atom stereocenters. The summed E-state index contributed by atoms with van der Waals surface area (Å²) >= 11 is 2.73. The minimum Gasteiger partial charge on any atom is -0.298 e. The summed E-state index contributed by atoms with van der Waals surface area (Å²) in [6, 6.07) is 11.2. The first-order chi connectivity index (χ1) is 13.9. The highest BCUT2D eigenvalue weighted by Crippen LogP contribution is 2.39. The standard InChI is InChI=1S/C21H15F2N3OS2/c1-11-5-3-6-13(9-11)19-18(16-10-28-12(2)24-16)25-21(29-19)26-20(27)17-14(22)7-4-8-15(17)23/h3-10H,1-2H3,(H,25,26,27). The van der Waals surface area contributed by atoms with Crippen molar-refractivity contribution in [2.75, 3.05) is 5.32 Å². The van der Waals surface area contributed by atoms with Gasteiger partial charge in [-0.1, -0.05) is 47.2 Å². The Labute approximate surface area is 173 Å². The first kappa shape index (κ1) is 19.4. The number of rotatable bonds is 4. The Morgan fingerprint density at radius 1 is 1.03 bits per heavy atom. The molecule has 2 aromatic heterocycles. The van der Waals surface area contributed by atoms with Crippen LogP contribution < -0.4 is 5.32 Å². The summed E-state index contributed by atoms with van der Waals surface area (Å²) < 4.78 is 27.9. The van der Waals surface area contributed by atoms with E-state index in [0.29, 0.717) is 11.4 Å². The second-order valence-electron chi connectivity index (χ2n) is 6.37. The Bertz CT molecular complexity index is 1200. The van der Waals surface area contributed by atoms with Gasteiger partial charge in [0, 0.05) is 5.38 Å². The van der Waals surface area contributed by atoms with Gasteiger partial charge in [-0.05, 0) is 31.5 Å². The topological polar surface area (TPSA) is 54.9 Å². The number of hydrogen-bond donors (Lipinski definition) is 1. The van der Waals surface area contributed by atoms with E-state index in [4.69, 9.17) is 0 Å². The highest BCUT2D eigenvalue weighted by molar-refractivity contribution is 7.19. The first-order valence-corrected chi connectivity index (χ1v) is 10.4. The fourth-order valence-electron chi connectivity index (χ4n) is 2.88. The van der Waals surface area contributed by atoms with Crippen molar-refractivity contribution in [3.05, 3.63) is 75.6 Å². The minimum atomic E-state index is -0.923. The molecule has 0 aliphatic carbocycles. The molecule has 0 saturated carbocycles. The van der Waals surface area contributed by atoms with E-state index in [1.165, 1.54) is 28.7 Å². The maximum absolute atomic E-state index is 13.9. The van der Waals surface area contributed by atoms with Crippen LogP contribution in [0.1, 0.15) is 20.9 Å². The van der Waals surface area contributed by atoms with Crippen LogP contribution in [-0.4, -0.2) is 15.9 Å². The molecule has 0 fully saturated rings. The Hall–Kier alpha value is -2.97. The van der Waals surface area contributed by atoms with E-state index < -0.39 is 23.1 Å². The van der Waals surface area contributed by atoms with Crippen molar-refractivity contribution in [3.63, 3.8) is 0 Å². The van der Waals surface area contributed by atoms with Crippen LogP contribution in [0.3, 0.4) is 0 Å². The van der Waals surface area contributed by atoms with E-state index in [9.17, 15) is 13.6 Å². The molecule has 1 amide bonds. The van der Waals surface area contributed by atoms with E-state index >= 15 is 0 Å². The first-order valence-electron chi connectivity index (χ1n) is 8.68. The van der Waals surface area contributed by atoms with Crippen molar-refractivity contribution >= 4 is 33.7 Å². The lowest BCUT2D eigenvalue weighted by Gasteiger charge is -2.04. The summed E-state index contributed by atoms with van der Waals surface area (Å²) in [4.78, 5) is 22.3. The van der Waals surface area contributed by atoms with Gasteiger partial charge in [0.05, 0.1) is 9.88 Å². The predicted octanol–water partition coefficient (Wildman–Crippen LogP) is 6.08. The second-order valence-corrected chi connectivity index (χ2v) is 8.43. The van der Waals surface area contributed by atoms with Gasteiger partial charge in [0.2, 0.25) is 0 Å². The molecular weight excluding hydrogens is 412 g/mol. The van der Waals surface area contributed by atoms with E-state index in [1.54, 1.807) is 0 Å². The normalized spacial score (nSPS) is 10.9. The molecule has 29 heavy (non-hydrogen) atoms. The van der Waals surface area contributed by atoms with Gasteiger partial charge in [-0.3, -0.25) is 10.1 Å². The lowest BCUT2D eigenvalue weighted by atomic mass is 10.1. The van der Waals surface area contributed by atoms with Gasteiger partial charge in [0.1, 0.15) is 28.6 Å². The molecule has 8 heteroatoms. The maximum atomic E-state index is 13.9. The molecule has 0 aliphatic rings. The monoisotopic (exact) mass is 427 g/mol. The van der Waals surface area contributed by atoms with Gasteiger partial charge in [0.15, 0.2) is 5.13 Å². The largest absolute Gasteiger partial charge is 0.298 e. The fraction of sp³-hybridized carbons (Fsp3) is 0.0952. The Balaban J connectivity index is 1.76. The molecule has 0 spiro atoms. The number of halogens is 2. The van der Waals surface area contributed by atoms with E-state index in [-0.39, 0.29) is 5.13 Å². The third-order valence-electron chi connectivity index (χ3n) is 4.18. The van der Waals surface area contributed by atoms with Crippen molar-refractivity contribution in [1.82, 2.24) is 9.97 Å². The van der Waals surface area contributed by atoms with E-state index in [0.717, 1.165) is 33.1 Å². The molecule has 0 saturated heterocycles. The average molecular weight is 428 g/mol. The zero-order chi connectivity index (χ0) is 20.5. The van der Waals surface area contributed by atoms with Crippen LogP contribution in [0.5, 0.6) is 0 Å². The summed E-state index contributed by atoms with van der Waals surface area (Å²) in [7, 11) is 0. The summed E-state index contributed by atoms with van der Waals surface area (Å²) in [5.74, 6) is -2.73. The minimum absolute atomic E-state index is 0.245. The Morgan fingerprint density at radius 3 is 2.41 bits per heavy atom. The third-order valence-corrected chi connectivity index (χ3v) is 5.97. The van der Waals surface area contributed by atoms with Gasteiger partial charge >= 0.3 is 0 Å². The van der Waals surface area contributed by atoms with E-state index in [1.807, 2.05) is 43.5 Å². The number of amides is 1. The molecule has 0 atom stereocenters. The van der Waals surface area contributed by atoms with E-state index in [2.05, 4.69) is 15.3 Å². The van der Waals surface area contributed by atoms with Gasteiger partial charge in [-0.15, -0.1) is 11.3 Å². The van der Waals surface area contributed by atoms with Crippen LogP contribution >= 0.6 is 22.7 Å². The predicted molar refractivity (Wildman–Crippen MR) is 112 cm³/mol. The number of hydrogen-bond acceptors (Lipinski definition) is 5. The molecular formula is C21H15F2N3OS2. The maximum Gasteiger partial charge on any atom is 0.263 e. The highest BCUT2D eigenvalue weighted by atomic mass is 32.1. The van der Waals surface area contributed by atoms with Gasteiger partial charge in [0.25, 0.3) is 5.91 Å². The zero-order valence-electron chi connectivity index (χ0n) is 15.5. The average Bonchev–Trinajstić information content (AvgIpc) is 3.28. The van der Waals surface area contributed by atoms with Crippen molar-refractivity contribution in [2.24, 2.45) is 0 Å². The van der Waals surface area contributed by atoms with Crippen molar-refractivity contribution in [3.8, 4) is 21.8 Å². The SMILES string of the molecule is Cc1cccc(-c2sc(NC(=O)c3c(F)cccc3F)nc2-c2csc(C)n2)c1. The molecule has 4 aromatic rings. The number of aryl methyl sites for hydroxylation is 2. The number of nitrogens with one attached hydrogen (secondary N) is 1. The van der Waals surface area contributed by atoms with Crippen molar-refractivity contribution in [1.29, 1.82) is 0 Å². The number of carbonyl (C=O) groups excluding carboxylic acids is 1. The quantitative estimate of drug-likeness (QED) is 0.429. The molecule has 1 N–H and O–H groups in total. The fourth-order valence-corrected chi connectivity index (χ4v) is 4.44. The van der Waals surface area contributed by atoms with Crippen molar-refractivity contribution in [2.45, 2.75) is 13.8 Å². The molecule has 146 valence electrons. The number of carbonyl (C=O) groups is 1. The number of benzene rings is 2. The lowest BCUT2D eigenvalue weighted by molar-refractivity contribution is 0.101. The van der Waals surface area contributed by atoms with Gasteiger partial charge in [-0.2, -0.15) is 0 Å².